The summed E-state index contributed by atoms with van der Waals surface area (Å²) in [5.74, 6) is 0.117. The summed E-state index contributed by atoms with van der Waals surface area (Å²) in [6, 6.07) is 4.62. The van der Waals surface area contributed by atoms with Gasteiger partial charge in [-0.3, -0.25) is 10.1 Å². The Kier molecular flexibility index (Phi) is 4.69. The average molecular weight is 339 g/mol. The fourth-order valence-corrected chi connectivity index (χ4v) is 3.33. The van der Waals surface area contributed by atoms with Gasteiger partial charge in [0.05, 0.1) is 11.0 Å². The van der Waals surface area contributed by atoms with Crippen LogP contribution in [-0.4, -0.2) is 31.5 Å². The van der Waals surface area contributed by atoms with Crippen LogP contribution >= 0.6 is 0 Å². The first-order chi connectivity index (χ1) is 10.8. The topological polar surface area (TPSA) is 111 Å². The van der Waals surface area contributed by atoms with Gasteiger partial charge in [-0.25, -0.2) is 18.1 Å². The molecule has 0 spiro atoms. The van der Waals surface area contributed by atoms with E-state index < -0.39 is 31.6 Å². The van der Waals surface area contributed by atoms with Crippen molar-refractivity contribution in [2.75, 3.05) is 0 Å². The minimum Gasteiger partial charge on any atom is -0.455 e. The number of nitro groups is 1. The number of hydrogen-bond acceptors (Lipinski definition) is 6. The highest BCUT2D eigenvalue weighted by molar-refractivity contribution is 7.90. The Hall–Kier alpha value is -2.42. The highest BCUT2D eigenvalue weighted by Gasteiger charge is 2.34. The third kappa shape index (κ3) is 3.50. The Morgan fingerprint density at radius 2 is 2.09 bits per heavy atom. The monoisotopic (exact) mass is 339 g/mol. The quantitative estimate of drug-likeness (QED) is 0.500. The van der Waals surface area contributed by atoms with Crippen molar-refractivity contribution in [1.29, 1.82) is 0 Å². The van der Waals surface area contributed by atoms with E-state index in [9.17, 15) is 18.5 Å². The molecule has 0 fully saturated rings. The number of ether oxygens (including phenoxy) is 1. The number of nitro benzene ring substituents is 1. The fraction of sp³-hybridized carbons (Fsp3) is 0.357. The summed E-state index contributed by atoms with van der Waals surface area (Å²) in [6.45, 7) is 7.49. The maximum atomic E-state index is 12.4. The highest BCUT2D eigenvalue weighted by atomic mass is 32.2. The molecular formula is C14H17N3O5S. The summed E-state index contributed by atoms with van der Waals surface area (Å²) >= 11 is 0. The molecule has 9 heteroatoms. The number of rotatable bonds is 5. The molecule has 0 aliphatic carbocycles. The number of hydrogen-bond donors (Lipinski definition) is 1. The minimum absolute atomic E-state index is 0.117. The zero-order valence-electron chi connectivity index (χ0n) is 12.7. The lowest BCUT2D eigenvalue weighted by Gasteiger charge is -2.16. The van der Waals surface area contributed by atoms with E-state index in [1.165, 1.54) is 12.1 Å². The molecule has 1 heterocycles. The van der Waals surface area contributed by atoms with Crippen LogP contribution in [0.25, 0.3) is 0 Å². The predicted octanol–water partition coefficient (Wildman–Crippen LogP) is 1.84. The molecule has 8 nitrogen and oxygen atoms in total. The molecule has 1 aromatic carbocycles. The van der Waals surface area contributed by atoms with Gasteiger partial charge < -0.3 is 4.74 Å². The van der Waals surface area contributed by atoms with E-state index >= 15 is 0 Å². The summed E-state index contributed by atoms with van der Waals surface area (Å²) in [5.41, 5.74) is -0.515. The van der Waals surface area contributed by atoms with Crippen LogP contribution in [0.15, 0.2) is 46.8 Å². The van der Waals surface area contributed by atoms with Gasteiger partial charge in [0.1, 0.15) is 6.10 Å². The van der Waals surface area contributed by atoms with Crippen LogP contribution in [0.5, 0.6) is 0 Å². The van der Waals surface area contributed by atoms with Gasteiger partial charge in [0.25, 0.3) is 21.7 Å². The van der Waals surface area contributed by atoms with Crippen LogP contribution in [0.1, 0.15) is 13.8 Å². The fourth-order valence-electron chi connectivity index (χ4n) is 2.21. The maximum Gasteiger partial charge on any atom is 0.300 e. The lowest BCUT2D eigenvalue weighted by molar-refractivity contribution is -0.387. The highest BCUT2D eigenvalue weighted by Crippen LogP contribution is 2.25. The molecule has 1 aromatic rings. The van der Waals surface area contributed by atoms with Gasteiger partial charge in [0.2, 0.25) is 0 Å². The molecule has 124 valence electrons. The summed E-state index contributed by atoms with van der Waals surface area (Å²) in [6.07, 6.45) is 1.10. The first-order valence-corrected chi connectivity index (χ1v) is 8.38. The minimum atomic E-state index is -4.18. The van der Waals surface area contributed by atoms with Crippen molar-refractivity contribution < 1.29 is 18.1 Å². The van der Waals surface area contributed by atoms with E-state index in [1.54, 1.807) is 6.08 Å². The Morgan fingerprint density at radius 3 is 2.61 bits per heavy atom. The third-order valence-corrected chi connectivity index (χ3v) is 4.71. The molecule has 0 saturated heterocycles. The SMILES string of the molecule is C=C[C@H]1OC(NS(=O)(=O)c2ccccc2[N+](=O)[O-])=N[C@@H]1C(C)C. The van der Waals surface area contributed by atoms with Crippen molar-refractivity contribution in [2.45, 2.75) is 30.9 Å². The average Bonchev–Trinajstić information content (AvgIpc) is 2.89. The van der Waals surface area contributed by atoms with Crippen molar-refractivity contribution in [1.82, 2.24) is 4.72 Å². The van der Waals surface area contributed by atoms with Crippen LogP contribution in [-0.2, 0) is 14.8 Å². The molecule has 0 aromatic heterocycles. The number of aliphatic imine (C=N–C) groups is 1. The molecule has 0 radical (unpaired) electrons. The van der Waals surface area contributed by atoms with E-state index in [0.29, 0.717) is 0 Å². The summed E-state index contributed by atoms with van der Waals surface area (Å²) in [5, 5.41) is 11.0. The second-order valence-electron chi connectivity index (χ2n) is 5.32. The van der Waals surface area contributed by atoms with Crippen LogP contribution in [0.4, 0.5) is 5.69 Å². The normalized spacial score (nSPS) is 20.7. The first kappa shape index (κ1) is 16.9. The lowest BCUT2D eigenvalue weighted by Crippen LogP contribution is -2.32. The molecule has 1 aliphatic heterocycles. The summed E-state index contributed by atoms with van der Waals surface area (Å²) < 4.78 is 32.3. The molecule has 1 N–H and O–H groups in total. The van der Waals surface area contributed by atoms with Crippen molar-refractivity contribution in [3.63, 3.8) is 0 Å². The van der Waals surface area contributed by atoms with E-state index in [2.05, 4.69) is 16.3 Å². The number of para-hydroxylation sites is 1. The molecule has 0 saturated carbocycles. The molecule has 1 aliphatic rings. The number of sulfonamides is 1. The molecule has 23 heavy (non-hydrogen) atoms. The number of nitrogens with one attached hydrogen (secondary N) is 1. The van der Waals surface area contributed by atoms with Gasteiger partial charge in [0.15, 0.2) is 4.90 Å². The van der Waals surface area contributed by atoms with Crippen molar-refractivity contribution in [3.8, 4) is 0 Å². The molecule has 0 unspecified atom stereocenters. The largest absolute Gasteiger partial charge is 0.455 e. The van der Waals surface area contributed by atoms with E-state index in [1.807, 2.05) is 13.8 Å². The smallest absolute Gasteiger partial charge is 0.300 e. The molecular weight excluding hydrogens is 322 g/mol. The zero-order chi connectivity index (χ0) is 17.2. The van der Waals surface area contributed by atoms with Gasteiger partial charge in [-0.2, -0.15) is 0 Å². The van der Waals surface area contributed by atoms with E-state index in [-0.39, 0.29) is 18.0 Å². The predicted molar refractivity (Wildman–Crippen MR) is 84.5 cm³/mol. The van der Waals surface area contributed by atoms with Gasteiger partial charge in [-0.05, 0) is 18.1 Å². The molecule has 0 bridgehead atoms. The van der Waals surface area contributed by atoms with Crippen LogP contribution < -0.4 is 4.72 Å². The standard InChI is InChI=1S/C14H17N3O5S/c1-4-11-13(9(2)3)15-14(22-11)16-23(20,21)12-8-6-5-7-10(12)17(18)19/h4-9,11,13H,1H2,2-3H3,(H,15,16)/t11-,13-/m1/s1. The van der Waals surface area contributed by atoms with Crippen LogP contribution in [0.2, 0.25) is 0 Å². The van der Waals surface area contributed by atoms with Gasteiger partial charge in [0, 0.05) is 6.07 Å². The van der Waals surface area contributed by atoms with Crippen molar-refractivity contribution in [2.24, 2.45) is 10.9 Å². The van der Waals surface area contributed by atoms with E-state index in [0.717, 1.165) is 12.1 Å². The Labute approximate surface area is 134 Å². The van der Waals surface area contributed by atoms with Crippen molar-refractivity contribution in [3.05, 3.63) is 47.0 Å². The van der Waals surface area contributed by atoms with Gasteiger partial charge >= 0.3 is 0 Å². The van der Waals surface area contributed by atoms with Gasteiger partial charge in [-0.15, -0.1) is 0 Å². The second-order valence-corrected chi connectivity index (χ2v) is 6.97. The zero-order valence-corrected chi connectivity index (χ0v) is 13.5. The first-order valence-electron chi connectivity index (χ1n) is 6.89. The Balaban J connectivity index is 2.32. The second kappa shape index (κ2) is 6.37. The Morgan fingerprint density at radius 1 is 1.43 bits per heavy atom. The molecule has 0 amide bonds. The maximum absolute atomic E-state index is 12.4. The summed E-state index contributed by atoms with van der Waals surface area (Å²) in [7, 11) is -4.18. The Bertz CT molecular complexity index is 757. The third-order valence-electron chi connectivity index (χ3n) is 3.34. The van der Waals surface area contributed by atoms with Gasteiger partial charge in [-0.1, -0.05) is 32.6 Å². The lowest BCUT2D eigenvalue weighted by atomic mass is 10.00. The molecule has 2 atom stereocenters. The number of amidine groups is 1. The number of nitrogens with zero attached hydrogens (tertiary/aromatic N) is 2. The van der Waals surface area contributed by atoms with E-state index in [4.69, 9.17) is 4.74 Å². The summed E-state index contributed by atoms with van der Waals surface area (Å²) in [4.78, 5) is 14.0. The van der Waals surface area contributed by atoms with Crippen LogP contribution in [0.3, 0.4) is 0 Å². The van der Waals surface area contributed by atoms with Crippen LogP contribution in [0, 0.1) is 16.0 Å². The molecule has 2 rings (SSSR count). The van der Waals surface area contributed by atoms with Crippen molar-refractivity contribution >= 4 is 21.7 Å². The number of benzene rings is 1.